The number of carbonyl (C=O) groups is 1. The topological polar surface area (TPSA) is 71.3 Å². The first-order valence-electron chi connectivity index (χ1n) is 7.80. The molecule has 0 fully saturated rings. The number of nitrogens with one attached hydrogen (secondary N) is 1. The maximum Gasteiger partial charge on any atom is 0.333 e. The number of benzene rings is 2. The van der Waals surface area contributed by atoms with Crippen LogP contribution in [0.25, 0.3) is 0 Å². The summed E-state index contributed by atoms with van der Waals surface area (Å²) in [6.45, 7) is 3.78. The van der Waals surface area contributed by atoms with Crippen molar-refractivity contribution in [1.29, 1.82) is 5.26 Å². The summed E-state index contributed by atoms with van der Waals surface area (Å²) >= 11 is 3.50. The first-order valence-corrected chi connectivity index (χ1v) is 8.59. The molecule has 5 nitrogen and oxygen atoms in total. The smallest absolute Gasteiger partial charge is 0.333 e. The molecule has 2 aromatic rings. The predicted octanol–water partition coefficient (Wildman–Crippen LogP) is 4.41. The molecule has 0 saturated heterocycles. The van der Waals surface area contributed by atoms with Crippen molar-refractivity contribution >= 4 is 27.6 Å². The van der Waals surface area contributed by atoms with Gasteiger partial charge in [0.05, 0.1) is 20.3 Å². The molecule has 0 radical (unpaired) electrons. The SMILES string of the molecule is C=C(CC(C#N)(Nc1ccc(OC)cc1)c1ccccc1Br)C(=O)OC. The fourth-order valence-electron chi connectivity index (χ4n) is 2.60. The summed E-state index contributed by atoms with van der Waals surface area (Å²) in [4.78, 5) is 11.9. The van der Waals surface area contributed by atoms with Gasteiger partial charge in [0.25, 0.3) is 0 Å². The van der Waals surface area contributed by atoms with Crippen molar-refractivity contribution in [3.63, 3.8) is 0 Å². The number of carbonyl (C=O) groups excluding carboxylic acids is 1. The minimum absolute atomic E-state index is 0.0603. The molecule has 2 rings (SSSR count). The summed E-state index contributed by atoms with van der Waals surface area (Å²) in [5.41, 5.74) is 0.398. The molecule has 0 amide bonds. The summed E-state index contributed by atoms with van der Waals surface area (Å²) < 4.78 is 10.7. The minimum Gasteiger partial charge on any atom is -0.497 e. The van der Waals surface area contributed by atoms with E-state index >= 15 is 0 Å². The maximum atomic E-state index is 11.9. The van der Waals surface area contributed by atoms with E-state index in [4.69, 9.17) is 9.47 Å². The molecule has 0 spiro atoms. The van der Waals surface area contributed by atoms with E-state index in [1.807, 2.05) is 36.4 Å². The van der Waals surface area contributed by atoms with E-state index < -0.39 is 11.5 Å². The Hall–Kier alpha value is -2.78. The minimum atomic E-state index is -1.21. The summed E-state index contributed by atoms with van der Waals surface area (Å²) in [7, 11) is 2.88. The number of halogens is 1. The van der Waals surface area contributed by atoms with Gasteiger partial charge in [-0.3, -0.25) is 0 Å². The van der Waals surface area contributed by atoms with Gasteiger partial charge in [0.15, 0.2) is 5.54 Å². The van der Waals surface area contributed by atoms with Crippen molar-refractivity contribution in [2.45, 2.75) is 12.0 Å². The van der Waals surface area contributed by atoms with E-state index in [2.05, 4.69) is 33.9 Å². The molecule has 0 saturated carbocycles. The van der Waals surface area contributed by atoms with Crippen LogP contribution in [-0.4, -0.2) is 20.2 Å². The zero-order chi connectivity index (χ0) is 19.2. The van der Waals surface area contributed by atoms with Gasteiger partial charge in [0, 0.05) is 27.7 Å². The number of hydrogen-bond donors (Lipinski definition) is 1. The monoisotopic (exact) mass is 414 g/mol. The molecular formula is C20H19BrN2O3. The third kappa shape index (κ3) is 4.24. The van der Waals surface area contributed by atoms with Crippen molar-refractivity contribution in [2.24, 2.45) is 0 Å². The van der Waals surface area contributed by atoms with Crippen LogP contribution in [0.3, 0.4) is 0 Å². The normalized spacial score (nSPS) is 12.4. The average molecular weight is 415 g/mol. The van der Waals surface area contributed by atoms with Crippen LogP contribution in [-0.2, 0) is 15.1 Å². The van der Waals surface area contributed by atoms with Crippen LogP contribution in [0.15, 0.2) is 65.2 Å². The van der Waals surface area contributed by atoms with Crippen LogP contribution >= 0.6 is 15.9 Å². The van der Waals surface area contributed by atoms with E-state index in [9.17, 15) is 10.1 Å². The van der Waals surface area contributed by atoms with Gasteiger partial charge in [0.2, 0.25) is 0 Å². The zero-order valence-electron chi connectivity index (χ0n) is 14.6. The molecule has 0 aliphatic carbocycles. The molecule has 134 valence electrons. The Labute approximate surface area is 161 Å². The highest BCUT2D eigenvalue weighted by Gasteiger charge is 2.36. The second kappa shape index (κ2) is 8.54. The Morgan fingerprint density at radius 2 is 1.88 bits per heavy atom. The van der Waals surface area contributed by atoms with Gasteiger partial charge in [-0.05, 0) is 30.3 Å². The van der Waals surface area contributed by atoms with Crippen molar-refractivity contribution in [3.8, 4) is 11.8 Å². The molecular weight excluding hydrogens is 396 g/mol. The van der Waals surface area contributed by atoms with Crippen molar-refractivity contribution < 1.29 is 14.3 Å². The Morgan fingerprint density at radius 1 is 1.23 bits per heavy atom. The second-order valence-corrected chi connectivity index (χ2v) is 6.48. The van der Waals surface area contributed by atoms with Crippen molar-refractivity contribution in [2.75, 3.05) is 19.5 Å². The first-order chi connectivity index (χ1) is 12.5. The Morgan fingerprint density at radius 3 is 2.42 bits per heavy atom. The van der Waals surface area contributed by atoms with Crippen LogP contribution in [0.5, 0.6) is 5.75 Å². The van der Waals surface area contributed by atoms with Gasteiger partial charge < -0.3 is 14.8 Å². The first kappa shape index (κ1) is 19.5. The molecule has 1 atom stereocenters. The molecule has 0 aliphatic rings. The number of anilines is 1. The number of ether oxygens (including phenoxy) is 2. The Balaban J connectivity index is 2.49. The largest absolute Gasteiger partial charge is 0.497 e. The summed E-state index contributed by atoms with van der Waals surface area (Å²) in [5.74, 6) is 0.158. The number of hydrogen-bond acceptors (Lipinski definition) is 5. The third-order valence-electron chi connectivity index (χ3n) is 3.92. The fourth-order valence-corrected chi connectivity index (χ4v) is 3.22. The Bertz CT molecular complexity index is 843. The lowest BCUT2D eigenvalue weighted by Crippen LogP contribution is -2.35. The average Bonchev–Trinajstić information content (AvgIpc) is 2.67. The zero-order valence-corrected chi connectivity index (χ0v) is 16.2. The number of methoxy groups -OCH3 is 2. The molecule has 6 heteroatoms. The highest BCUT2D eigenvalue weighted by atomic mass is 79.9. The standard InChI is InChI=1S/C20H19BrN2O3/c1-14(19(24)26-3)12-20(13-22,17-6-4-5-7-18(17)21)23-15-8-10-16(25-2)11-9-15/h4-11,23H,1,12H2,2-3H3. The molecule has 1 N–H and O–H groups in total. The molecule has 0 heterocycles. The summed E-state index contributed by atoms with van der Waals surface area (Å²) in [5, 5.41) is 13.3. The van der Waals surface area contributed by atoms with Crippen LogP contribution in [0.1, 0.15) is 12.0 Å². The third-order valence-corrected chi connectivity index (χ3v) is 4.62. The van der Waals surface area contributed by atoms with E-state index in [-0.39, 0.29) is 12.0 Å². The van der Waals surface area contributed by atoms with E-state index in [0.717, 1.165) is 4.47 Å². The molecule has 0 aromatic heterocycles. The molecule has 26 heavy (non-hydrogen) atoms. The molecule has 0 bridgehead atoms. The molecule has 1 unspecified atom stereocenters. The molecule has 0 aliphatic heterocycles. The molecule has 2 aromatic carbocycles. The van der Waals surface area contributed by atoms with Crippen LogP contribution in [0, 0.1) is 11.3 Å². The number of rotatable bonds is 7. The summed E-state index contributed by atoms with van der Waals surface area (Å²) in [6.07, 6.45) is 0.0603. The van der Waals surface area contributed by atoms with Gasteiger partial charge in [-0.15, -0.1) is 0 Å². The van der Waals surface area contributed by atoms with Gasteiger partial charge in [0.1, 0.15) is 5.75 Å². The van der Waals surface area contributed by atoms with Gasteiger partial charge in [-0.2, -0.15) is 5.26 Å². The van der Waals surface area contributed by atoms with Crippen LogP contribution in [0.4, 0.5) is 5.69 Å². The second-order valence-electron chi connectivity index (χ2n) is 5.62. The summed E-state index contributed by atoms with van der Waals surface area (Å²) in [6, 6.07) is 16.9. The van der Waals surface area contributed by atoms with E-state index in [1.165, 1.54) is 7.11 Å². The van der Waals surface area contributed by atoms with Gasteiger partial charge in [-0.25, -0.2) is 4.79 Å². The lowest BCUT2D eigenvalue weighted by Gasteiger charge is -2.31. The quantitative estimate of drug-likeness (QED) is 0.536. The number of nitrogens with zero attached hydrogens (tertiary/aromatic N) is 1. The van der Waals surface area contributed by atoms with Gasteiger partial charge >= 0.3 is 5.97 Å². The van der Waals surface area contributed by atoms with Crippen LogP contribution in [0.2, 0.25) is 0 Å². The highest BCUT2D eigenvalue weighted by molar-refractivity contribution is 9.10. The van der Waals surface area contributed by atoms with Crippen molar-refractivity contribution in [1.82, 2.24) is 0 Å². The number of esters is 1. The highest BCUT2D eigenvalue weighted by Crippen LogP contribution is 2.36. The lowest BCUT2D eigenvalue weighted by molar-refractivity contribution is -0.136. The van der Waals surface area contributed by atoms with E-state index in [1.54, 1.807) is 19.2 Å². The van der Waals surface area contributed by atoms with Crippen LogP contribution < -0.4 is 10.1 Å². The predicted molar refractivity (Wildman–Crippen MR) is 104 cm³/mol. The Kier molecular flexibility index (Phi) is 6.42. The van der Waals surface area contributed by atoms with Gasteiger partial charge in [-0.1, -0.05) is 40.7 Å². The van der Waals surface area contributed by atoms with Crippen molar-refractivity contribution in [3.05, 3.63) is 70.7 Å². The lowest BCUT2D eigenvalue weighted by atomic mass is 9.84. The fraction of sp³-hybridized carbons (Fsp3) is 0.200. The number of nitriles is 1. The maximum absolute atomic E-state index is 11.9. The van der Waals surface area contributed by atoms with E-state index in [0.29, 0.717) is 17.0 Å².